The molecule has 0 saturated heterocycles. The molecule has 0 spiro atoms. The molecule has 2 nitrogen and oxygen atoms in total. The summed E-state index contributed by atoms with van der Waals surface area (Å²) in [6, 6.07) is 18.4. The van der Waals surface area contributed by atoms with Crippen molar-refractivity contribution in [2.24, 2.45) is 5.92 Å². The van der Waals surface area contributed by atoms with E-state index in [1.54, 1.807) is 0 Å². The largest absolute Gasteiger partial charge is 0.330 e. The molecule has 1 heterocycles. The Bertz CT molecular complexity index is 775. The Balaban J connectivity index is 1.96. The molecule has 0 amide bonds. The van der Waals surface area contributed by atoms with Crippen LogP contribution in [0.2, 0.25) is 5.02 Å². The van der Waals surface area contributed by atoms with Crippen molar-refractivity contribution in [3.63, 3.8) is 0 Å². The summed E-state index contributed by atoms with van der Waals surface area (Å²) >= 11 is 6.12. The summed E-state index contributed by atoms with van der Waals surface area (Å²) in [6.45, 7) is 5.29. The van der Waals surface area contributed by atoms with Gasteiger partial charge in [0.05, 0.1) is 5.69 Å². The van der Waals surface area contributed by atoms with Crippen LogP contribution in [0.4, 0.5) is 0 Å². The lowest BCUT2D eigenvalue weighted by molar-refractivity contribution is 0.590. The topological polar surface area (TPSA) is 17.8 Å². The van der Waals surface area contributed by atoms with Gasteiger partial charge in [0.1, 0.15) is 5.82 Å². The Kier molecular flexibility index (Phi) is 4.82. The highest BCUT2D eigenvalue weighted by Gasteiger charge is 2.12. The minimum atomic E-state index is 0.569. The number of aromatic nitrogens is 2. The summed E-state index contributed by atoms with van der Waals surface area (Å²) in [5.41, 5.74) is 3.33. The molecule has 0 aliphatic carbocycles. The molecule has 3 rings (SSSR count). The Labute approximate surface area is 142 Å². The maximum atomic E-state index is 6.12. The maximum Gasteiger partial charge on any atom is 0.109 e. The monoisotopic (exact) mass is 324 g/mol. The van der Waals surface area contributed by atoms with Crippen molar-refractivity contribution in [3.05, 3.63) is 77.2 Å². The summed E-state index contributed by atoms with van der Waals surface area (Å²) in [5.74, 6) is 1.69. The molecule has 0 unspecified atom stereocenters. The normalized spacial score (nSPS) is 11.1. The molecule has 0 radical (unpaired) electrons. The molecule has 0 N–H and O–H groups in total. The maximum absolute atomic E-state index is 6.12. The van der Waals surface area contributed by atoms with Gasteiger partial charge in [0.25, 0.3) is 0 Å². The molecular weight excluding hydrogens is 304 g/mol. The third-order valence-electron chi connectivity index (χ3n) is 3.77. The van der Waals surface area contributed by atoms with E-state index in [-0.39, 0.29) is 0 Å². The fourth-order valence-corrected chi connectivity index (χ4v) is 2.88. The van der Waals surface area contributed by atoms with Gasteiger partial charge in [-0.15, -0.1) is 0 Å². The fourth-order valence-electron chi connectivity index (χ4n) is 2.69. The van der Waals surface area contributed by atoms with Crippen LogP contribution in [0.3, 0.4) is 0 Å². The number of imidazole rings is 1. The first-order valence-electron chi connectivity index (χ1n) is 7.98. The standard InChI is InChI=1S/C20H21ClN2/c1-15(2)11-20-22-19(17-9-6-10-18(21)12-17)14-23(20)13-16-7-4-3-5-8-16/h3-10,12,14-15H,11,13H2,1-2H3. The fraction of sp³-hybridized carbons (Fsp3) is 0.250. The molecule has 0 fully saturated rings. The van der Waals surface area contributed by atoms with Gasteiger partial charge in [-0.3, -0.25) is 0 Å². The van der Waals surface area contributed by atoms with Crippen molar-refractivity contribution in [1.82, 2.24) is 9.55 Å². The highest BCUT2D eigenvalue weighted by atomic mass is 35.5. The van der Waals surface area contributed by atoms with E-state index >= 15 is 0 Å². The summed E-state index contributed by atoms with van der Waals surface area (Å²) in [6.07, 6.45) is 3.10. The van der Waals surface area contributed by atoms with Gasteiger partial charge in [-0.1, -0.05) is 67.9 Å². The second kappa shape index (κ2) is 7.01. The first-order chi connectivity index (χ1) is 11.1. The van der Waals surface area contributed by atoms with Gasteiger partial charge >= 0.3 is 0 Å². The first kappa shape index (κ1) is 15.8. The first-order valence-corrected chi connectivity index (χ1v) is 8.35. The Hall–Kier alpha value is -2.06. The molecule has 0 saturated carbocycles. The second-order valence-electron chi connectivity index (χ2n) is 6.26. The van der Waals surface area contributed by atoms with E-state index in [2.05, 4.69) is 54.9 Å². The predicted octanol–water partition coefficient (Wildman–Crippen LogP) is 5.45. The molecule has 0 aliphatic rings. The Morgan fingerprint density at radius 3 is 2.52 bits per heavy atom. The lowest BCUT2D eigenvalue weighted by Crippen LogP contribution is -2.07. The van der Waals surface area contributed by atoms with Crippen LogP contribution in [0.1, 0.15) is 25.2 Å². The quantitative estimate of drug-likeness (QED) is 0.610. The van der Waals surface area contributed by atoms with Crippen LogP contribution < -0.4 is 0 Å². The molecule has 118 valence electrons. The van der Waals surface area contributed by atoms with Crippen molar-refractivity contribution in [2.45, 2.75) is 26.8 Å². The Morgan fingerprint density at radius 2 is 1.83 bits per heavy atom. The van der Waals surface area contributed by atoms with Gasteiger partial charge in [-0.2, -0.15) is 0 Å². The highest BCUT2D eigenvalue weighted by Crippen LogP contribution is 2.23. The molecule has 3 heteroatoms. The minimum Gasteiger partial charge on any atom is -0.330 e. The van der Waals surface area contributed by atoms with E-state index in [4.69, 9.17) is 16.6 Å². The molecule has 0 aliphatic heterocycles. The molecule has 0 atom stereocenters. The van der Waals surface area contributed by atoms with Crippen molar-refractivity contribution >= 4 is 11.6 Å². The van der Waals surface area contributed by atoms with Gasteiger partial charge in [0, 0.05) is 29.7 Å². The summed E-state index contributed by atoms with van der Waals surface area (Å²) in [5, 5.41) is 0.741. The van der Waals surface area contributed by atoms with Crippen LogP contribution in [-0.4, -0.2) is 9.55 Å². The summed E-state index contributed by atoms with van der Waals surface area (Å²) in [4.78, 5) is 4.86. The number of nitrogens with zero attached hydrogens (tertiary/aromatic N) is 2. The lowest BCUT2D eigenvalue weighted by Gasteiger charge is -2.09. The Morgan fingerprint density at radius 1 is 1.04 bits per heavy atom. The molecule has 1 aromatic heterocycles. The van der Waals surface area contributed by atoms with Crippen molar-refractivity contribution in [3.8, 4) is 11.3 Å². The van der Waals surface area contributed by atoms with E-state index in [0.717, 1.165) is 35.1 Å². The lowest BCUT2D eigenvalue weighted by atomic mass is 10.1. The van der Waals surface area contributed by atoms with Crippen LogP contribution in [0, 0.1) is 5.92 Å². The molecule has 3 aromatic rings. The van der Waals surface area contributed by atoms with Crippen LogP contribution in [0.15, 0.2) is 60.8 Å². The highest BCUT2D eigenvalue weighted by molar-refractivity contribution is 6.30. The predicted molar refractivity (Wildman–Crippen MR) is 96.8 cm³/mol. The van der Waals surface area contributed by atoms with E-state index < -0.39 is 0 Å². The number of rotatable bonds is 5. The zero-order valence-corrected chi connectivity index (χ0v) is 14.3. The summed E-state index contributed by atoms with van der Waals surface area (Å²) in [7, 11) is 0. The molecular formula is C20H21ClN2. The van der Waals surface area contributed by atoms with E-state index in [1.165, 1.54) is 5.56 Å². The van der Waals surface area contributed by atoms with Gasteiger partial charge in [-0.05, 0) is 23.6 Å². The second-order valence-corrected chi connectivity index (χ2v) is 6.70. The molecule has 23 heavy (non-hydrogen) atoms. The number of halogens is 1. The minimum absolute atomic E-state index is 0.569. The van der Waals surface area contributed by atoms with Crippen molar-refractivity contribution in [2.75, 3.05) is 0 Å². The van der Waals surface area contributed by atoms with Crippen LogP contribution in [-0.2, 0) is 13.0 Å². The van der Waals surface area contributed by atoms with Crippen molar-refractivity contribution in [1.29, 1.82) is 0 Å². The molecule has 2 aromatic carbocycles. The number of hydrogen-bond donors (Lipinski definition) is 0. The van der Waals surface area contributed by atoms with Gasteiger partial charge in [0.15, 0.2) is 0 Å². The zero-order chi connectivity index (χ0) is 16.2. The van der Waals surface area contributed by atoms with Crippen LogP contribution >= 0.6 is 11.6 Å². The average Bonchev–Trinajstić information content (AvgIpc) is 2.90. The average molecular weight is 325 g/mol. The van der Waals surface area contributed by atoms with Crippen LogP contribution in [0.5, 0.6) is 0 Å². The summed E-state index contributed by atoms with van der Waals surface area (Å²) < 4.78 is 2.26. The van der Waals surface area contributed by atoms with E-state index in [0.29, 0.717) is 5.92 Å². The third-order valence-corrected chi connectivity index (χ3v) is 4.00. The third kappa shape index (κ3) is 4.02. The van der Waals surface area contributed by atoms with E-state index in [1.807, 2.05) is 24.3 Å². The van der Waals surface area contributed by atoms with Crippen LogP contribution in [0.25, 0.3) is 11.3 Å². The number of hydrogen-bond acceptors (Lipinski definition) is 1. The smallest absolute Gasteiger partial charge is 0.109 e. The van der Waals surface area contributed by atoms with Gasteiger partial charge in [0.2, 0.25) is 0 Å². The number of benzene rings is 2. The van der Waals surface area contributed by atoms with Gasteiger partial charge in [-0.25, -0.2) is 4.98 Å². The molecule has 0 bridgehead atoms. The van der Waals surface area contributed by atoms with E-state index in [9.17, 15) is 0 Å². The van der Waals surface area contributed by atoms with Gasteiger partial charge < -0.3 is 4.57 Å². The zero-order valence-electron chi connectivity index (χ0n) is 13.5. The van der Waals surface area contributed by atoms with Crippen molar-refractivity contribution < 1.29 is 0 Å². The SMILES string of the molecule is CC(C)Cc1nc(-c2cccc(Cl)c2)cn1Cc1ccccc1.